The van der Waals surface area contributed by atoms with E-state index in [1.165, 1.54) is 12.0 Å². The lowest BCUT2D eigenvalue weighted by Crippen LogP contribution is -2.48. The molecule has 1 unspecified atom stereocenters. The lowest BCUT2D eigenvalue weighted by Gasteiger charge is -2.27. The minimum absolute atomic E-state index is 0.0733. The zero-order chi connectivity index (χ0) is 12.7. The number of amides is 1. The SMILES string of the molecule is CCN(CC(=O)N(C)C)C(COC)C(=O)O. The van der Waals surface area contributed by atoms with Crippen molar-refractivity contribution in [2.75, 3.05) is 40.9 Å². The summed E-state index contributed by atoms with van der Waals surface area (Å²) in [4.78, 5) is 25.5. The third-order valence-corrected chi connectivity index (χ3v) is 2.29. The topological polar surface area (TPSA) is 70.1 Å². The highest BCUT2D eigenvalue weighted by Gasteiger charge is 2.26. The van der Waals surface area contributed by atoms with E-state index in [-0.39, 0.29) is 19.1 Å². The van der Waals surface area contributed by atoms with Crippen LogP contribution in [0.5, 0.6) is 0 Å². The van der Waals surface area contributed by atoms with E-state index in [1.807, 2.05) is 6.92 Å². The molecule has 0 saturated carbocycles. The van der Waals surface area contributed by atoms with Crippen LogP contribution >= 0.6 is 0 Å². The predicted octanol–water partition coefficient (Wildman–Crippen LogP) is -0.504. The maximum atomic E-state index is 11.5. The van der Waals surface area contributed by atoms with Crippen molar-refractivity contribution in [3.63, 3.8) is 0 Å². The summed E-state index contributed by atoms with van der Waals surface area (Å²) in [5.74, 6) is -1.10. The number of carboxylic acid groups (broad SMARTS) is 1. The summed E-state index contributed by atoms with van der Waals surface area (Å²) >= 11 is 0. The summed E-state index contributed by atoms with van der Waals surface area (Å²) in [7, 11) is 4.72. The summed E-state index contributed by atoms with van der Waals surface area (Å²) < 4.78 is 4.84. The molecule has 0 fully saturated rings. The van der Waals surface area contributed by atoms with Crippen molar-refractivity contribution in [2.45, 2.75) is 13.0 Å². The summed E-state index contributed by atoms with van der Waals surface area (Å²) in [5, 5.41) is 9.01. The number of hydrogen-bond donors (Lipinski definition) is 1. The Morgan fingerprint density at radius 2 is 1.94 bits per heavy atom. The van der Waals surface area contributed by atoms with Gasteiger partial charge >= 0.3 is 5.97 Å². The molecule has 0 saturated heterocycles. The molecular weight excluding hydrogens is 212 g/mol. The van der Waals surface area contributed by atoms with E-state index in [1.54, 1.807) is 19.0 Å². The molecule has 0 rings (SSSR count). The number of nitrogens with zero attached hydrogens (tertiary/aromatic N) is 2. The van der Waals surface area contributed by atoms with Crippen LogP contribution in [-0.4, -0.2) is 73.7 Å². The molecule has 6 nitrogen and oxygen atoms in total. The zero-order valence-electron chi connectivity index (χ0n) is 10.3. The van der Waals surface area contributed by atoms with Gasteiger partial charge in [-0.2, -0.15) is 0 Å². The molecule has 0 aromatic rings. The number of carbonyl (C=O) groups excluding carboxylic acids is 1. The molecule has 16 heavy (non-hydrogen) atoms. The van der Waals surface area contributed by atoms with E-state index in [0.717, 1.165) is 0 Å². The Morgan fingerprint density at radius 1 is 1.38 bits per heavy atom. The van der Waals surface area contributed by atoms with Gasteiger partial charge in [-0.05, 0) is 6.54 Å². The number of carboxylic acids is 1. The van der Waals surface area contributed by atoms with Crippen LogP contribution in [0.4, 0.5) is 0 Å². The summed E-state index contributed by atoms with van der Waals surface area (Å²) in [6.45, 7) is 2.46. The van der Waals surface area contributed by atoms with Crippen LogP contribution in [-0.2, 0) is 14.3 Å². The molecule has 0 aromatic carbocycles. The van der Waals surface area contributed by atoms with E-state index < -0.39 is 12.0 Å². The van der Waals surface area contributed by atoms with Crippen molar-refractivity contribution in [1.82, 2.24) is 9.80 Å². The molecule has 0 aliphatic rings. The van der Waals surface area contributed by atoms with Gasteiger partial charge in [0, 0.05) is 21.2 Å². The third kappa shape index (κ3) is 4.59. The Labute approximate surface area is 95.8 Å². The zero-order valence-corrected chi connectivity index (χ0v) is 10.3. The van der Waals surface area contributed by atoms with Gasteiger partial charge in [0.25, 0.3) is 0 Å². The van der Waals surface area contributed by atoms with Gasteiger partial charge in [0.15, 0.2) is 0 Å². The monoisotopic (exact) mass is 232 g/mol. The Hall–Kier alpha value is -1.14. The van der Waals surface area contributed by atoms with Gasteiger partial charge in [0.1, 0.15) is 6.04 Å². The average Bonchev–Trinajstić information content (AvgIpc) is 2.22. The number of ether oxygens (including phenoxy) is 1. The lowest BCUT2D eigenvalue weighted by molar-refractivity contribution is -0.146. The molecule has 0 aromatic heterocycles. The molecule has 1 amide bonds. The summed E-state index contributed by atoms with van der Waals surface area (Å²) in [5.41, 5.74) is 0. The standard InChI is InChI=1S/C10H20N2O4/c1-5-12(6-9(13)11(2)3)8(7-16-4)10(14)15/h8H,5-7H2,1-4H3,(H,14,15). The molecule has 1 atom stereocenters. The van der Waals surface area contributed by atoms with Crippen LogP contribution in [0, 0.1) is 0 Å². The van der Waals surface area contributed by atoms with Crippen LogP contribution in [0.25, 0.3) is 0 Å². The smallest absolute Gasteiger partial charge is 0.323 e. The highest BCUT2D eigenvalue weighted by atomic mass is 16.5. The number of methoxy groups -OCH3 is 1. The minimum atomic E-state index is -0.977. The van der Waals surface area contributed by atoms with Gasteiger partial charge in [-0.15, -0.1) is 0 Å². The van der Waals surface area contributed by atoms with Gasteiger partial charge in [-0.25, -0.2) is 0 Å². The molecule has 6 heteroatoms. The molecule has 0 aliphatic heterocycles. The van der Waals surface area contributed by atoms with Crippen molar-refractivity contribution in [3.8, 4) is 0 Å². The fraction of sp³-hybridized carbons (Fsp3) is 0.800. The number of likely N-dealkylation sites (N-methyl/N-ethyl adjacent to an activating group) is 2. The molecule has 94 valence electrons. The van der Waals surface area contributed by atoms with E-state index in [0.29, 0.717) is 6.54 Å². The van der Waals surface area contributed by atoms with Gasteiger partial charge in [-0.1, -0.05) is 6.92 Å². The van der Waals surface area contributed by atoms with Crippen molar-refractivity contribution < 1.29 is 19.4 Å². The molecule has 0 bridgehead atoms. The van der Waals surface area contributed by atoms with Crippen molar-refractivity contribution in [1.29, 1.82) is 0 Å². The van der Waals surface area contributed by atoms with Gasteiger partial charge < -0.3 is 14.7 Å². The number of aliphatic carboxylic acids is 1. The maximum absolute atomic E-state index is 11.5. The second kappa shape index (κ2) is 7.19. The number of rotatable bonds is 7. The fourth-order valence-electron chi connectivity index (χ4n) is 1.25. The molecule has 0 spiro atoms. The second-order valence-electron chi connectivity index (χ2n) is 3.66. The Balaban J connectivity index is 4.54. The minimum Gasteiger partial charge on any atom is -0.480 e. The van der Waals surface area contributed by atoms with Crippen molar-refractivity contribution in [3.05, 3.63) is 0 Å². The van der Waals surface area contributed by atoms with Crippen LogP contribution < -0.4 is 0 Å². The van der Waals surface area contributed by atoms with E-state index in [9.17, 15) is 9.59 Å². The maximum Gasteiger partial charge on any atom is 0.323 e. The lowest BCUT2D eigenvalue weighted by atomic mass is 10.2. The summed E-state index contributed by atoms with van der Waals surface area (Å²) in [6.07, 6.45) is 0. The Kier molecular flexibility index (Phi) is 6.67. The molecule has 0 aliphatic carbocycles. The van der Waals surface area contributed by atoms with Crippen molar-refractivity contribution in [2.24, 2.45) is 0 Å². The molecule has 0 heterocycles. The Bertz CT molecular complexity index is 243. The molecule has 0 radical (unpaired) electrons. The van der Waals surface area contributed by atoms with Gasteiger partial charge in [0.05, 0.1) is 13.2 Å². The first-order valence-electron chi connectivity index (χ1n) is 5.10. The molecule has 1 N–H and O–H groups in total. The first-order valence-corrected chi connectivity index (χ1v) is 5.10. The summed E-state index contributed by atoms with van der Waals surface area (Å²) in [6, 6.07) is -0.779. The van der Waals surface area contributed by atoms with Crippen molar-refractivity contribution >= 4 is 11.9 Å². The predicted molar refractivity (Wildman–Crippen MR) is 59.2 cm³/mol. The third-order valence-electron chi connectivity index (χ3n) is 2.29. The first-order chi connectivity index (χ1) is 7.43. The molecular formula is C10H20N2O4. The fourth-order valence-corrected chi connectivity index (χ4v) is 1.25. The van der Waals surface area contributed by atoms with E-state index >= 15 is 0 Å². The first kappa shape index (κ1) is 14.9. The van der Waals surface area contributed by atoms with Gasteiger partial charge in [-0.3, -0.25) is 14.5 Å². The largest absolute Gasteiger partial charge is 0.480 e. The highest BCUT2D eigenvalue weighted by Crippen LogP contribution is 2.01. The second-order valence-corrected chi connectivity index (χ2v) is 3.66. The number of carbonyl (C=O) groups is 2. The number of hydrogen-bond acceptors (Lipinski definition) is 4. The van der Waals surface area contributed by atoms with Crippen LogP contribution in [0.1, 0.15) is 6.92 Å². The normalized spacial score (nSPS) is 12.6. The average molecular weight is 232 g/mol. The highest BCUT2D eigenvalue weighted by molar-refractivity contribution is 5.79. The van der Waals surface area contributed by atoms with E-state index in [4.69, 9.17) is 9.84 Å². The van der Waals surface area contributed by atoms with Crippen LogP contribution in [0.2, 0.25) is 0 Å². The van der Waals surface area contributed by atoms with E-state index in [2.05, 4.69) is 0 Å². The van der Waals surface area contributed by atoms with Crippen LogP contribution in [0.3, 0.4) is 0 Å². The quantitative estimate of drug-likeness (QED) is 0.640. The van der Waals surface area contributed by atoms with Crippen LogP contribution in [0.15, 0.2) is 0 Å². The Morgan fingerprint density at radius 3 is 2.25 bits per heavy atom. The van der Waals surface area contributed by atoms with Gasteiger partial charge in [0.2, 0.25) is 5.91 Å².